The number of hydrogen-bond acceptors (Lipinski definition) is 3. The molecule has 3 rings (SSSR count). The molecule has 0 radical (unpaired) electrons. The molecule has 0 spiro atoms. The molecule has 0 aromatic heterocycles. The summed E-state index contributed by atoms with van der Waals surface area (Å²) in [7, 11) is 0. The zero-order valence-corrected chi connectivity index (χ0v) is 13.0. The minimum absolute atomic E-state index is 0.173. The maximum atomic E-state index is 11.5. The summed E-state index contributed by atoms with van der Waals surface area (Å²) in [6.45, 7) is 0.423. The molecule has 0 saturated heterocycles. The second kappa shape index (κ2) is 6.35. The van der Waals surface area contributed by atoms with Crippen LogP contribution in [0.4, 0.5) is 0 Å². The zero-order valence-electron chi connectivity index (χ0n) is 13.0. The van der Waals surface area contributed by atoms with Gasteiger partial charge in [-0.1, -0.05) is 42.5 Å². The summed E-state index contributed by atoms with van der Waals surface area (Å²) in [6, 6.07) is 16.9. The van der Waals surface area contributed by atoms with Crippen LogP contribution < -0.4 is 4.74 Å². The SMILES string of the molecule is O=C(O)C1CC1(Cc1cccc(OCc2ccccc2)c1)C(=O)O. The summed E-state index contributed by atoms with van der Waals surface area (Å²) in [6.07, 6.45) is 0.370. The summed E-state index contributed by atoms with van der Waals surface area (Å²) >= 11 is 0. The fourth-order valence-electron chi connectivity index (χ4n) is 2.99. The highest BCUT2D eigenvalue weighted by Gasteiger charge is 2.64. The van der Waals surface area contributed by atoms with Crippen LogP contribution in [0.1, 0.15) is 17.5 Å². The molecule has 2 atom stereocenters. The quantitative estimate of drug-likeness (QED) is 0.817. The highest BCUT2D eigenvalue weighted by atomic mass is 16.5. The first-order chi connectivity index (χ1) is 11.5. The standard InChI is InChI=1S/C19H18O5/c20-17(21)16-11-19(16,18(22)23)10-14-7-4-8-15(9-14)24-12-13-5-2-1-3-6-13/h1-9,16H,10-12H2,(H,20,21)(H,22,23). The number of carbonyl (C=O) groups is 2. The lowest BCUT2D eigenvalue weighted by atomic mass is 9.94. The molecule has 2 aromatic rings. The van der Waals surface area contributed by atoms with Gasteiger partial charge in [0.05, 0.1) is 11.3 Å². The molecule has 0 amide bonds. The third-order valence-corrected chi connectivity index (χ3v) is 4.47. The maximum Gasteiger partial charge on any atom is 0.310 e. The Morgan fingerprint density at radius 2 is 1.75 bits per heavy atom. The summed E-state index contributed by atoms with van der Waals surface area (Å²) < 4.78 is 5.74. The predicted octanol–water partition coefficient (Wildman–Crippen LogP) is 2.98. The van der Waals surface area contributed by atoms with Crippen molar-refractivity contribution in [3.05, 3.63) is 65.7 Å². The normalized spacial score (nSPS) is 21.9. The summed E-state index contributed by atoms with van der Waals surface area (Å²) in [4.78, 5) is 22.6. The van der Waals surface area contributed by atoms with Crippen molar-refractivity contribution in [2.45, 2.75) is 19.4 Å². The average molecular weight is 326 g/mol. The third-order valence-electron chi connectivity index (χ3n) is 4.47. The van der Waals surface area contributed by atoms with Gasteiger partial charge in [0.15, 0.2) is 0 Å². The largest absolute Gasteiger partial charge is 0.489 e. The van der Waals surface area contributed by atoms with Gasteiger partial charge in [0.25, 0.3) is 0 Å². The minimum Gasteiger partial charge on any atom is -0.489 e. The Balaban J connectivity index is 1.69. The lowest BCUT2D eigenvalue weighted by molar-refractivity contribution is -0.149. The highest BCUT2D eigenvalue weighted by Crippen LogP contribution is 2.55. The van der Waals surface area contributed by atoms with Crippen molar-refractivity contribution in [1.29, 1.82) is 0 Å². The van der Waals surface area contributed by atoms with Crippen molar-refractivity contribution in [2.24, 2.45) is 11.3 Å². The van der Waals surface area contributed by atoms with Gasteiger partial charge in [-0.25, -0.2) is 0 Å². The number of hydrogen-bond donors (Lipinski definition) is 2. The van der Waals surface area contributed by atoms with Crippen LogP contribution in [0.15, 0.2) is 54.6 Å². The van der Waals surface area contributed by atoms with E-state index in [0.717, 1.165) is 11.1 Å². The van der Waals surface area contributed by atoms with Crippen molar-refractivity contribution < 1.29 is 24.5 Å². The van der Waals surface area contributed by atoms with Crippen molar-refractivity contribution in [1.82, 2.24) is 0 Å². The molecule has 0 bridgehead atoms. The monoisotopic (exact) mass is 326 g/mol. The Hall–Kier alpha value is -2.82. The molecule has 2 unspecified atom stereocenters. The van der Waals surface area contributed by atoms with E-state index in [9.17, 15) is 14.7 Å². The van der Waals surface area contributed by atoms with E-state index in [-0.39, 0.29) is 12.8 Å². The Bertz CT molecular complexity index is 755. The number of benzene rings is 2. The Morgan fingerprint density at radius 1 is 1.04 bits per heavy atom. The number of carboxylic acid groups (broad SMARTS) is 2. The predicted molar refractivity (Wildman–Crippen MR) is 86.7 cm³/mol. The molecule has 0 aliphatic heterocycles. The van der Waals surface area contributed by atoms with Crippen LogP contribution in [0.2, 0.25) is 0 Å². The van der Waals surface area contributed by atoms with E-state index in [2.05, 4.69) is 0 Å². The first kappa shape index (κ1) is 16.1. The Labute approximate surface area is 139 Å². The van der Waals surface area contributed by atoms with Crippen molar-refractivity contribution in [3.63, 3.8) is 0 Å². The van der Waals surface area contributed by atoms with E-state index >= 15 is 0 Å². The molecule has 24 heavy (non-hydrogen) atoms. The molecule has 124 valence electrons. The smallest absolute Gasteiger partial charge is 0.310 e. The fourth-order valence-corrected chi connectivity index (χ4v) is 2.99. The third kappa shape index (κ3) is 3.25. The van der Waals surface area contributed by atoms with E-state index < -0.39 is 23.3 Å². The van der Waals surface area contributed by atoms with Gasteiger partial charge in [-0.3, -0.25) is 9.59 Å². The van der Waals surface area contributed by atoms with Crippen LogP contribution in [0.5, 0.6) is 5.75 Å². The second-order valence-electron chi connectivity index (χ2n) is 6.15. The Morgan fingerprint density at radius 3 is 2.38 bits per heavy atom. The van der Waals surface area contributed by atoms with Gasteiger partial charge in [0.2, 0.25) is 0 Å². The summed E-state index contributed by atoms with van der Waals surface area (Å²) in [5.41, 5.74) is 0.619. The van der Waals surface area contributed by atoms with Gasteiger partial charge < -0.3 is 14.9 Å². The molecule has 5 nitrogen and oxygen atoms in total. The number of ether oxygens (including phenoxy) is 1. The van der Waals surface area contributed by atoms with Gasteiger partial charge in [-0.15, -0.1) is 0 Å². The fraction of sp³-hybridized carbons (Fsp3) is 0.263. The number of rotatable bonds is 7. The van der Waals surface area contributed by atoms with Crippen LogP contribution in [0.3, 0.4) is 0 Å². The van der Waals surface area contributed by atoms with E-state index in [1.807, 2.05) is 36.4 Å². The topological polar surface area (TPSA) is 83.8 Å². The summed E-state index contributed by atoms with van der Waals surface area (Å²) in [5, 5.41) is 18.5. The van der Waals surface area contributed by atoms with Gasteiger partial charge in [0.1, 0.15) is 12.4 Å². The maximum absolute atomic E-state index is 11.5. The molecule has 5 heteroatoms. The Kier molecular flexibility index (Phi) is 4.25. The van der Waals surface area contributed by atoms with Gasteiger partial charge in [-0.05, 0) is 36.1 Å². The van der Waals surface area contributed by atoms with Gasteiger partial charge >= 0.3 is 11.9 Å². The lowest BCUT2D eigenvalue weighted by Crippen LogP contribution is -2.23. The van der Waals surface area contributed by atoms with E-state index in [1.165, 1.54) is 0 Å². The van der Waals surface area contributed by atoms with Crippen molar-refractivity contribution in [2.75, 3.05) is 0 Å². The molecule has 2 N–H and O–H groups in total. The first-order valence-electron chi connectivity index (χ1n) is 7.73. The van der Waals surface area contributed by atoms with Crippen LogP contribution in [0, 0.1) is 11.3 Å². The van der Waals surface area contributed by atoms with Crippen molar-refractivity contribution >= 4 is 11.9 Å². The molecular weight excluding hydrogens is 308 g/mol. The van der Waals surface area contributed by atoms with Gasteiger partial charge in [-0.2, -0.15) is 0 Å². The molecular formula is C19H18O5. The number of carboxylic acids is 2. The second-order valence-corrected chi connectivity index (χ2v) is 6.15. The van der Waals surface area contributed by atoms with Crippen LogP contribution in [-0.4, -0.2) is 22.2 Å². The van der Waals surface area contributed by atoms with Crippen molar-refractivity contribution in [3.8, 4) is 5.75 Å². The zero-order chi connectivity index (χ0) is 17.2. The van der Waals surface area contributed by atoms with Crippen LogP contribution in [-0.2, 0) is 22.6 Å². The highest BCUT2D eigenvalue weighted by molar-refractivity contribution is 5.89. The summed E-state index contributed by atoms with van der Waals surface area (Å²) in [5.74, 6) is -2.27. The molecule has 0 heterocycles. The van der Waals surface area contributed by atoms with E-state index in [4.69, 9.17) is 9.84 Å². The van der Waals surface area contributed by atoms with Gasteiger partial charge in [0, 0.05) is 0 Å². The average Bonchev–Trinajstić information content (AvgIpc) is 3.30. The van der Waals surface area contributed by atoms with E-state index in [1.54, 1.807) is 18.2 Å². The first-order valence-corrected chi connectivity index (χ1v) is 7.73. The lowest BCUT2D eigenvalue weighted by Gasteiger charge is -2.13. The number of aliphatic carboxylic acids is 2. The molecule has 2 aromatic carbocycles. The van der Waals surface area contributed by atoms with Crippen LogP contribution >= 0.6 is 0 Å². The molecule has 1 fully saturated rings. The molecule has 1 aliphatic rings. The molecule has 1 aliphatic carbocycles. The van der Waals surface area contributed by atoms with E-state index in [0.29, 0.717) is 12.4 Å². The molecule has 1 saturated carbocycles. The van der Waals surface area contributed by atoms with Crippen LogP contribution in [0.25, 0.3) is 0 Å². The minimum atomic E-state index is -1.19.